The molecule has 22 heavy (non-hydrogen) atoms. The third-order valence-electron chi connectivity index (χ3n) is 3.93. The van der Waals surface area contributed by atoms with Gasteiger partial charge in [-0.15, -0.1) is 21.5 Å². The predicted octanol–water partition coefficient (Wildman–Crippen LogP) is 1.45. The molecule has 1 aliphatic carbocycles. The Bertz CT molecular complexity index is 679. The second kappa shape index (κ2) is 6.12. The summed E-state index contributed by atoms with van der Waals surface area (Å²) < 4.78 is 0. The van der Waals surface area contributed by atoms with E-state index in [0.29, 0.717) is 13.1 Å². The first-order valence-electron chi connectivity index (χ1n) is 7.57. The van der Waals surface area contributed by atoms with Crippen molar-refractivity contribution in [2.75, 3.05) is 6.54 Å². The van der Waals surface area contributed by atoms with Crippen molar-refractivity contribution >= 4 is 17.2 Å². The molecule has 7 nitrogen and oxygen atoms in total. The molecule has 1 unspecified atom stereocenters. The van der Waals surface area contributed by atoms with E-state index in [1.54, 1.807) is 23.3 Å². The molecule has 1 amide bonds. The fraction of sp³-hybridized carbons (Fsp3) is 0.643. The van der Waals surface area contributed by atoms with Crippen molar-refractivity contribution in [2.45, 2.75) is 39.7 Å². The molecule has 0 bridgehead atoms. The molecule has 2 heterocycles. The third kappa shape index (κ3) is 3.01. The van der Waals surface area contributed by atoms with Gasteiger partial charge in [-0.05, 0) is 37.3 Å². The van der Waals surface area contributed by atoms with Crippen LogP contribution in [0.2, 0.25) is 0 Å². The summed E-state index contributed by atoms with van der Waals surface area (Å²) in [5.74, 6) is 0.671. The Morgan fingerprint density at radius 2 is 2.32 bits per heavy atom. The van der Waals surface area contributed by atoms with Crippen molar-refractivity contribution < 1.29 is 4.79 Å². The molecule has 0 aliphatic heterocycles. The number of carbonyl (C=O) groups excluding carboxylic acids is 1. The number of carbonyl (C=O) groups is 1. The van der Waals surface area contributed by atoms with E-state index in [2.05, 4.69) is 22.3 Å². The first-order valence-corrected chi connectivity index (χ1v) is 8.39. The molecule has 1 atom stereocenters. The molecular formula is C14H20N6OS. The number of rotatable bonds is 4. The molecule has 118 valence electrons. The van der Waals surface area contributed by atoms with Crippen LogP contribution in [0.4, 0.5) is 0 Å². The second-order valence-corrected chi connectivity index (χ2v) is 6.92. The SMILES string of the molecule is CCN(Cc1nc2c(s1)CC(C)CC2)C(=O)c1nnn(C)n1. The Hall–Kier alpha value is -1.83. The standard InChI is InChI=1S/C14H20N6OS/c1-4-20(14(21)13-16-18-19(3)17-13)8-12-15-10-6-5-9(2)7-11(10)22-12/h9H,4-8H2,1-3H3. The predicted molar refractivity (Wildman–Crippen MR) is 82.5 cm³/mol. The zero-order valence-corrected chi connectivity index (χ0v) is 13.9. The molecule has 0 spiro atoms. The van der Waals surface area contributed by atoms with Gasteiger partial charge < -0.3 is 4.90 Å². The molecule has 2 aromatic rings. The zero-order valence-electron chi connectivity index (χ0n) is 13.1. The smallest absolute Gasteiger partial charge is 0.295 e. The van der Waals surface area contributed by atoms with Crippen LogP contribution in [0, 0.1) is 5.92 Å². The first-order chi connectivity index (χ1) is 10.6. The lowest BCUT2D eigenvalue weighted by atomic mass is 9.93. The number of aromatic nitrogens is 5. The number of aryl methyl sites for hydroxylation is 2. The van der Waals surface area contributed by atoms with E-state index in [1.165, 1.54) is 21.8 Å². The number of hydrogen-bond donors (Lipinski definition) is 0. The fourth-order valence-corrected chi connectivity index (χ4v) is 3.96. The fourth-order valence-electron chi connectivity index (χ4n) is 2.66. The summed E-state index contributed by atoms with van der Waals surface area (Å²) >= 11 is 1.73. The number of thiazole rings is 1. The van der Waals surface area contributed by atoms with Gasteiger partial charge in [0.05, 0.1) is 19.3 Å². The summed E-state index contributed by atoms with van der Waals surface area (Å²) in [6, 6.07) is 0. The molecular weight excluding hydrogens is 300 g/mol. The lowest BCUT2D eigenvalue weighted by molar-refractivity contribution is 0.0739. The van der Waals surface area contributed by atoms with Crippen molar-refractivity contribution in [3.8, 4) is 0 Å². The van der Waals surface area contributed by atoms with Crippen LogP contribution in [0.3, 0.4) is 0 Å². The normalized spacial score (nSPS) is 17.3. The number of tetrazole rings is 1. The van der Waals surface area contributed by atoms with Crippen LogP contribution in [0.1, 0.15) is 46.5 Å². The van der Waals surface area contributed by atoms with Gasteiger partial charge in [0, 0.05) is 11.4 Å². The summed E-state index contributed by atoms with van der Waals surface area (Å²) in [4.78, 5) is 21.5. The highest BCUT2D eigenvalue weighted by Crippen LogP contribution is 2.30. The summed E-state index contributed by atoms with van der Waals surface area (Å²) in [6.07, 6.45) is 3.37. The molecule has 8 heteroatoms. The molecule has 0 saturated heterocycles. The quantitative estimate of drug-likeness (QED) is 0.852. The van der Waals surface area contributed by atoms with Crippen molar-refractivity contribution in [2.24, 2.45) is 13.0 Å². The topological polar surface area (TPSA) is 76.8 Å². The van der Waals surface area contributed by atoms with Crippen molar-refractivity contribution in [1.29, 1.82) is 0 Å². The van der Waals surface area contributed by atoms with E-state index < -0.39 is 0 Å². The van der Waals surface area contributed by atoms with E-state index in [1.807, 2.05) is 6.92 Å². The number of nitrogens with zero attached hydrogens (tertiary/aromatic N) is 6. The zero-order chi connectivity index (χ0) is 15.7. The molecule has 0 fully saturated rings. The number of amides is 1. The van der Waals surface area contributed by atoms with Gasteiger partial charge in [-0.1, -0.05) is 6.92 Å². The molecule has 0 N–H and O–H groups in total. The third-order valence-corrected chi connectivity index (χ3v) is 5.03. The summed E-state index contributed by atoms with van der Waals surface area (Å²) in [6.45, 7) is 5.34. The lowest BCUT2D eigenvalue weighted by Gasteiger charge is -2.17. The summed E-state index contributed by atoms with van der Waals surface area (Å²) in [5.41, 5.74) is 1.22. The summed E-state index contributed by atoms with van der Waals surface area (Å²) in [7, 11) is 1.65. The highest BCUT2D eigenvalue weighted by molar-refractivity contribution is 7.11. The van der Waals surface area contributed by atoms with Crippen LogP contribution in [-0.4, -0.2) is 42.5 Å². The Morgan fingerprint density at radius 3 is 3.00 bits per heavy atom. The van der Waals surface area contributed by atoms with Crippen LogP contribution < -0.4 is 0 Å². The minimum Gasteiger partial charge on any atom is -0.329 e. The van der Waals surface area contributed by atoms with Gasteiger partial charge in [0.25, 0.3) is 11.7 Å². The molecule has 0 saturated carbocycles. The van der Waals surface area contributed by atoms with E-state index >= 15 is 0 Å². The van der Waals surface area contributed by atoms with E-state index in [0.717, 1.165) is 23.8 Å². The monoisotopic (exact) mass is 320 g/mol. The minimum absolute atomic E-state index is 0.138. The van der Waals surface area contributed by atoms with Crippen molar-refractivity contribution in [1.82, 2.24) is 30.1 Å². The van der Waals surface area contributed by atoms with Crippen LogP contribution in [0.5, 0.6) is 0 Å². The van der Waals surface area contributed by atoms with Gasteiger partial charge in [0.15, 0.2) is 0 Å². The van der Waals surface area contributed by atoms with E-state index in [9.17, 15) is 4.79 Å². The Kier molecular flexibility index (Phi) is 4.19. The highest BCUT2D eigenvalue weighted by atomic mass is 32.1. The van der Waals surface area contributed by atoms with E-state index in [4.69, 9.17) is 4.98 Å². The van der Waals surface area contributed by atoms with Crippen LogP contribution in [0.15, 0.2) is 0 Å². The second-order valence-electron chi connectivity index (χ2n) is 5.75. The molecule has 0 radical (unpaired) electrons. The molecule has 1 aliphatic rings. The highest BCUT2D eigenvalue weighted by Gasteiger charge is 2.23. The maximum absolute atomic E-state index is 12.4. The van der Waals surface area contributed by atoms with Gasteiger partial charge in [0.1, 0.15) is 5.01 Å². The van der Waals surface area contributed by atoms with Gasteiger partial charge in [-0.25, -0.2) is 4.98 Å². The number of hydrogen-bond acceptors (Lipinski definition) is 6. The van der Waals surface area contributed by atoms with Crippen LogP contribution in [0.25, 0.3) is 0 Å². The minimum atomic E-state index is -0.197. The molecule has 0 aromatic carbocycles. The molecule has 2 aromatic heterocycles. The van der Waals surface area contributed by atoms with Crippen LogP contribution >= 0.6 is 11.3 Å². The van der Waals surface area contributed by atoms with Crippen molar-refractivity contribution in [3.63, 3.8) is 0 Å². The Morgan fingerprint density at radius 1 is 1.50 bits per heavy atom. The largest absolute Gasteiger partial charge is 0.329 e. The maximum atomic E-state index is 12.4. The van der Waals surface area contributed by atoms with Gasteiger partial charge >= 0.3 is 0 Å². The summed E-state index contributed by atoms with van der Waals surface area (Å²) in [5, 5.41) is 12.5. The molecule has 3 rings (SSSR count). The number of fused-ring (bicyclic) bond motifs is 1. The van der Waals surface area contributed by atoms with Gasteiger partial charge in [-0.2, -0.15) is 4.80 Å². The Labute approximate surface area is 133 Å². The maximum Gasteiger partial charge on any atom is 0.295 e. The van der Waals surface area contributed by atoms with Gasteiger partial charge in [-0.3, -0.25) is 4.79 Å². The lowest BCUT2D eigenvalue weighted by Crippen LogP contribution is -2.31. The van der Waals surface area contributed by atoms with Crippen molar-refractivity contribution in [3.05, 3.63) is 21.4 Å². The van der Waals surface area contributed by atoms with Gasteiger partial charge in [0.2, 0.25) is 0 Å². The average molecular weight is 320 g/mol. The Balaban J connectivity index is 1.74. The van der Waals surface area contributed by atoms with Crippen LogP contribution in [-0.2, 0) is 26.4 Å². The average Bonchev–Trinajstić information content (AvgIpc) is 3.09. The van der Waals surface area contributed by atoms with E-state index in [-0.39, 0.29) is 11.7 Å². The first kappa shape index (κ1) is 15.1.